The van der Waals surface area contributed by atoms with Crippen LogP contribution in [0.4, 0.5) is 23.2 Å². The second-order valence-electron chi connectivity index (χ2n) is 14.2. The summed E-state index contributed by atoms with van der Waals surface area (Å²) in [6, 6.07) is 5.52. The molecule has 7 rings (SSSR count). The van der Waals surface area contributed by atoms with E-state index >= 15 is 4.39 Å². The Kier molecular flexibility index (Phi) is 8.75. The van der Waals surface area contributed by atoms with Crippen LogP contribution in [0.3, 0.4) is 0 Å². The van der Waals surface area contributed by atoms with Crippen LogP contribution in [0.5, 0.6) is 5.88 Å². The van der Waals surface area contributed by atoms with Crippen molar-refractivity contribution in [3.63, 3.8) is 0 Å². The number of methoxy groups -OCH3 is 1. The SMILES string of the molecule is COc1nc(CC(N)=O)nc(C)c1-c1cc(F)c(COC2CC2)c(N2CCC3(CC2)N=C(c2ccc(C(F)(F)F)nc2C2(C)CCC2)NC3=O)c1. The van der Waals surface area contributed by atoms with E-state index in [9.17, 15) is 22.8 Å². The first kappa shape index (κ1) is 34.8. The number of amidine groups is 1. The molecule has 4 aliphatic rings. The van der Waals surface area contributed by atoms with Crippen molar-refractivity contribution in [3.8, 4) is 17.0 Å². The number of amides is 2. The zero-order valence-corrected chi connectivity index (χ0v) is 28.6. The standard InChI is InChI=1S/C36H39F4N7O4/c1-19-29(32(50-3)44-28(42-19)17-27(41)48)20-15-24(37)23(18-51-21-5-6-21)25(16-20)47-13-11-35(12-14-47)33(49)45-31(46-35)22-7-8-26(36(38,39)40)43-30(22)34(2)9-4-10-34/h7-8,15-16,21H,4-6,9-14,17-18H2,1-3H3,(H2,41,48)(H,45,46,49). The third-order valence-electron chi connectivity index (χ3n) is 10.5. The third kappa shape index (κ3) is 6.63. The van der Waals surface area contributed by atoms with Gasteiger partial charge in [0.1, 0.15) is 28.7 Å². The third-order valence-corrected chi connectivity index (χ3v) is 10.5. The summed E-state index contributed by atoms with van der Waals surface area (Å²) in [6.45, 7) is 4.34. The van der Waals surface area contributed by atoms with Crippen molar-refractivity contribution >= 4 is 23.3 Å². The van der Waals surface area contributed by atoms with Gasteiger partial charge in [0.25, 0.3) is 5.91 Å². The quantitative estimate of drug-likeness (QED) is 0.278. The molecule has 0 bridgehead atoms. The molecule has 2 saturated carbocycles. The van der Waals surface area contributed by atoms with E-state index in [0.29, 0.717) is 65.3 Å². The van der Waals surface area contributed by atoms with Crippen LogP contribution < -0.4 is 20.7 Å². The highest BCUT2D eigenvalue weighted by molar-refractivity contribution is 6.16. The van der Waals surface area contributed by atoms with E-state index in [2.05, 4.69) is 20.3 Å². The molecule has 3 aromatic rings. The molecule has 2 amide bonds. The molecular weight excluding hydrogens is 670 g/mol. The first-order valence-corrected chi connectivity index (χ1v) is 17.1. The van der Waals surface area contributed by atoms with Gasteiger partial charge in [0.15, 0.2) is 0 Å². The number of primary amides is 1. The molecule has 1 aromatic carbocycles. The smallest absolute Gasteiger partial charge is 0.433 e. The number of nitrogens with one attached hydrogen (secondary N) is 1. The van der Waals surface area contributed by atoms with Crippen molar-refractivity contribution in [2.75, 3.05) is 25.1 Å². The number of carbonyl (C=O) groups excluding carboxylic acids is 2. The minimum atomic E-state index is -4.60. The second-order valence-corrected chi connectivity index (χ2v) is 14.2. The van der Waals surface area contributed by atoms with E-state index in [0.717, 1.165) is 25.3 Å². The van der Waals surface area contributed by atoms with Gasteiger partial charge in [0.05, 0.1) is 43.2 Å². The molecule has 0 atom stereocenters. The zero-order valence-electron chi connectivity index (χ0n) is 28.6. The van der Waals surface area contributed by atoms with Crippen LogP contribution in [0.15, 0.2) is 29.3 Å². The number of aromatic nitrogens is 3. The highest BCUT2D eigenvalue weighted by Gasteiger charge is 2.48. The Morgan fingerprint density at radius 2 is 1.82 bits per heavy atom. The molecule has 4 heterocycles. The molecule has 2 aliphatic carbocycles. The summed E-state index contributed by atoms with van der Waals surface area (Å²) in [5, 5.41) is 2.86. The topological polar surface area (TPSA) is 145 Å². The summed E-state index contributed by atoms with van der Waals surface area (Å²) in [4.78, 5) is 44.8. The zero-order chi connectivity index (χ0) is 36.3. The fraction of sp³-hybridized carbons (Fsp3) is 0.500. The molecule has 3 N–H and O–H groups in total. The van der Waals surface area contributed by atoms with Crippen molar-refractivity contribution in [1.82, 2.24) is 20.3 Å². The molecule has 0 radical (unpaired) electrons. The summed E-state index contributed by atoms with van der Waals surface area (Å²) < 4.78 is 68.6. The Labute approximate surface area is 292 Å². The van der Waals surface area contributed by atoms with Crippen LogP contribution in [-0.2, 0) is 38.9 Å². The summed E-state index contributed by atoms with van der Waals surface area (Å²) in [5.41, 5.74) is 5.73. The van der Waals surface area contributed by atoms with E-state index in [1.54, 1.807) is 6.92 Å². The number of rotatable bonds is 10. The summed E-state index contributed by atoms with van der Waals surface area (Å²) in [5.74, 6) is -0.832. The minimum absolute atomic E-state index is 0.0587. The molecule has 15 heteroatoms. The number of ether oxygens (including phenoxy) is 2. The lowest BCUT2D eigenvalue weighted by Crippen LogP contribution is -2.49. The van der Waals surface area contributed by atoms with Crippen molar-refractivity contribution in [2.24, 2.45) is 10.7 Å². The molecule has 0 unspecified atom stereocenters. The van der Waals surface area contributed by atoms with Crippen LogP contribution in [0.25, 0.3) is 11.1 Å². The van der Waals surface area contributed by atoms with Crippen molar-refractivity contribution < 1.29 is 36.6 Å². The van der Waals surface area contributed by atoms with Gasteiger partial charge < -0.3 is 25.4 Å². The number of piperidine rings is 1. The van der Waals surface area contributed by atoms with E-state index in [1.165, 1.54) is 19.2 Å². The molecular formula is C36H39F4N7O4. The Morgan fingerprint density at radius 3 is 2.43 bits per heavy atom. The lowest BCUT2D eigenvalue weighted by atomic mass is 9.67. The van der Waals surface area contributed by atoms with Gasteiger partial charge in [-0.25, -0.2) is 14.4 Å². The summed E-state index contributed by atoms with van der Waals surface area (Å²) in [6.07, 6.45) is -0.0609. The van der Waals surface area contributed by atoms with Crippen molar-refractivity contribution in [1.29, 1.82) is 0 Å². The highest BCUT2D eigenvalue weighted by atomic mass is 19.4. The van der Waals surface area contributed by atoms with Gasteiger partial charge in [-0.05, 0) is 75.3 Å². The fourth-order valence-corrected chi connectivity index (χ4v) is 7.26. The molecule has 1 spiro atoms. The van der Waals surface area contributed by atoms with Crippen LogP contribution in [0.1, 0.15) is 85.9 Å². The van der Waals surface area contributed by atoms with Gasteiger partial charge in [0, 0.05) is 35.3 Å². The predicted octanol–water partition coefficient (Wildman–Crippen LogP) is 5.08. The average molecular weight is 710 g/mol. The largest absolute Gasteiger partial charge is 0.480 e. The normalized spacial score (nSPS) is 19.5. The number of halogens is 4. The van der Waals surface area contributed by atoms with Gasteiger partial charge in [-0.3, -0.25) is 14.6 Å². The van der Waals surface area contributed by atoms with Crippen molar-refractivity contribution in [3.05, 3.63) is 64.1 Å². The maximum atomic E-state index is 16.1. The summed E-state index contributed by atoms with van der Waals surface area (Å²) >= 11 is 0. The first-order valence-electron chi connectivity index (χ1n) is 17.1. The maximum Gasteiger partial charge on any atom is 0.433 e. The number of anilines is 1. The molecule has 270 valence electrons. The number of hydrogen-bond acceptors (Lipinski definition) is 9. The van der Waals surface area contributed by atoms with Gasteiger partial charge in [0.2, 0.25) is 11.8 Å². The number of aryl methyl sites for hydroxylation is 1. The van der Waals surface area contributed by atoms with Gasteiger partial charge in [-0.15, -0.1) is 0 Å². The van der Waals surface area contributed by atoms with Crippen LogP contribution in [0, 0.1) is 12.7 Å². The lowest BCUT2D eigenvalue weighted by molar-refractivity contribution is -0.141. The van der Waals surface area contributed by atoms with Crippen LogP contribution >= 0.6 is 0 Å². The number of pyridine rings is 1. The van der Waals surface area contributed by atoms with E-state index in [4.69, 9.17) is 20.2 Å². The Bertz CT molecular complexity index is 1930. The molecule has 2 aromatic heterocycles. The van der Waals surface area contributed by atoms with E-state index in [1.807, 2.05) is 17.9 Å². The average Bonchev–Trinajstić information content (AvgIpc) is 3.84. The van der Waals surface area contributed by atoms with Crippen LogP contribution in [0.2, 0.25) is 0 Å². The minimum Gasteiger partial charge on any atom is -0.480 e. The number of hydrogen-bond donors (Lipinski definition) is 2. The lowest BCUT2D eigenvalue weighted by Gasteiger charge is -2.39. The van der Waals surface area contributed by atoms with Crippen molar-refractivity contribution in [2.45, 2.75) is 95.1 Å². The number of aliphatic imine (C=N–C) groups is 1. The van der Waals surface area contributed by atoms with E-state index in [-0.39, 0.29) is 55.4 Å². The first-order chi connectivity index (χ1) is 24.2. The van der Waals surface area contributed by atoms with Gasteiger partial charge in [-0.2, -0.15) is 18.2 Å². The fourth-order valence-electron chi connectivity index (χ4n) is 7.26. The number of nitrogens with two attached hydrogens (primary N) is 1. The predicted molar refractivity (Wildman–Crippen MR) is 179 cm³/mol. The molecule has 2 aliphatic heterocycles. The molecule has 11 nitrogen and oxygen atoms in total. The Morgan fingerprint density at radius 1 is 1.10 bits per heavy atom. The maximum absolute atomic E-state index is 16.1. The van der Waals surface area contributed by atoms with Gasteiger partial charge >= 0.3 is 6.18 Å². The van der Waals surface area contributed by atoms with Crippen LogP contribution in [-0.4, -0.2) is 64.4 Å². The number of alkyl halides is 3. The highest BCUT2D eigenvalue weighted by Crippen LogP contribution is 2.46. The number of benzene rings is 1. The molecule has 1 saturated heterocycles. The van der Waals surface area contributed by atoms with Gasteiger partial charge in [-0.1, -0.05) is 13.3 Å². The molecule has 3 fully saturated rings. The Balaban J connectivity index is 1.21. The van der Waals surface area contributed by atoms with E-state index < -0.39 is 34.5 Å². The Hall–Kier alpha value is -4.66. The number of carbonyl (C=O) groups is 2. The monoisotopic (exact) mass is 709 g/mol. The summed E-state index contributed by atoms with van der Waals surface area (Å²) in [7, 11) is 1.43. The molecule has 51 heavy (non-hydrogen) atoms. The number of nitrogens with zero attached hydrogens (tertiary/aromatic N) is 5. The second kappa shape index (κ2) is 12.8.